The highest BCUT2D eigenvalue weighted by Crippen LogP contribution is 2.27. The Labute approximate surface area is 163 Å². The van der Waals surface area contributed by atoms with Crippen molar-refractivity contribution in [3.63, 3.8) is 0 Å². The van der Waals surface area contributed by atoms with Crippen molar-refractivity contribution in [2.45, 2.75) is 23.6 Å². The van der Waals surface area contributed by atoms with Crippen molar-refractivity contribution >= 4 is 17.7 Å². The van der Waals surface area contributed by atoms with E-state index >= 15 is 0 Å². The number of thioether (sulfide) groups is 1. The zero-order valence-corrected chi connectivity index (χ0v) is 15.7. The van der Waals surface area contributed by atoms with Gasteiger partial charge in [-0.25, -0.2) is 0 Å². The van der Waals surface area contributed by atoms with Gasteiger partial charge in [-0.1, -0.05) is 24.3 Å². The molecular weight excluding hydrogens is 354 g/mol. The van der Waals surface area contributed by atoms with E-state index < -0.39 is 0 Å². The number of hydrogen-bond donors (Lipinski definition) is 1. The van der Waals surface area contributed by atoms with Gasteiger partial charge in [-0.2, -0.15) is 5.26 Å². The standard InChI is InChI=1S/C22H19N3OS/c1-16(19-10-12-24-13-11-19)25-22(26)20-4-2-3-5-21(20)27-15-18-8-6-17(14-23)7-9-18/h2-13,16H,15H2,1H3,(H,25,26). The van der Waals surface area contributed by atoms with E-state index in [-0.39, 0.29) is 11.9 Å². The fourth-order valence-electron chi connectivity index (χ4n) is 2.63. The number of carbonyl (C=O) groups is 1. The summed E-state index contributed by atoms with van der Waals surface area (Å²) in [5.41, 5.74) is 3.44. The molecule has 0 radical (unpaired) electrons. The molecule has 1 heterocycles. The number of carbonyl (C=O) groups excluding carboxylic acids is 1. The zero-order valence-electron chi connectivity index (χ0n) is 14.9. The van der Waals surface area contributed by atoms with Crippen LogP contribution >= 0.6 is 11.8 Å². The van der Waals surface area contributed by atoms with Gasteiger partial charge in [0.1, 0.15) is 0 Å². The number of rotatable bonds is 6. The summed E-state index contributed by atoms with van der Waals surface area (Å²) >= 11 is 1.61. The topological polar surface area (TPSA) is 65.8 Å². The summed E-state index contributed by atoms with van der Waals surface area (Å²) in [6.07, 6.45) is 3.44. The van der Waals surface area contributed by atoms with Gasteiger partial charge in [0, 0.05) is 23.0 Å². The van der Waals surface area contributed by atoms with Crippen LogP contribution in [0.2, 0.25) is 0 Å². The van der Waals surface area contributed by atoms with Crippen molar-refractivity contribution < 1.29 is 4.79 Å². The molecule has 134 valence electrons. The van der Waals surface area contributed by atoms with Crippen LogP contribution in [0, 0.1) is 11.3 Å². The monoisotopic (exact) mass is 373 g/mol. The van der Waals surface area contributed by atoms with E-state index in [1.54, 1.807) is 24.2 Å². The normalized spacial score (nSPS) is 11.4. The van der Waals surface area contributed by atoms with E-state index in [2.05, 4.69) is 16.4 Å². The lowest BCUT2D eigenvalue weighted by molar-refractivity contribution is 0.0937. The van der Waals surface area contributed by atoms with E-state index in [0.717, 1.165) is 21.8 Å². The summed E-state index contributed by atoms with van der Waals surface area (Å²) in [6.45, 7) is 1.96. The Morgan fingerprint density at radius 1 is 1.11 bits per heavy atom. The number of nitriles is 1. The van der Waals surface area contributed by atoms with Gasteiger partial charge in [0.15, 0.2) is 0 Å². The van der Waals surface area contributed by atoms with E-state index in [4.69, 9.17) is 5.26 Å². The van der Waals surface area contributed by atoms with Crippen LogP contribution in [0.5, 0.6) is 0 Å². The fraction of sp³-hybridized carbons (Fsp3) is 0.136. The second-order valence-electron chi connectivity index (χ2n) is 6.07. The molecule has 0 saturated carbocycles. The molecule has 0 bridgehead atoms. The Balaban J connectivity index is 1.69. The molecule has 2 aromatic carbocycles. The number of aromatic nitrogens is 1. The molecule has 1 N–H and O–H groups in total. The number of nitrogens with one attached hydrogen (secondary N) is 1. The zero-order chi connectivity index (χ0) is 19.1. The predicted molar refractivity (Wildman–Crippen MR) is 107 cm³/mol. The Morgan fingerprint density at radius 2 is 1.81 bits per heavy atom. The fourth-order valence-corrected chi connectivity index (χ4v) is 3.63. The largest absolute Gasteiger partial charge is 0.345 e. The summed E-state index contributed by atoms with van der Waals surface area (Å²) in [5.74, 6) is 0.637. The highest BCUT2D eigenvalue weighted by molar-refractivity contribution is 7.98. The van der Waals surface area contributed by atoms with Crippen LogP contribution in [0.1, 0.15) is 40.0 Å². The molecule has 3 aromatic rings. The maximum Gasteiger partial charge on any atom is 0.252 e. The third-order valence-corrected chi connectivity index (χ3v) is 5.31. The average molecular weight is 373 g/mol. The molecule has 0 aliphatic heterocycles. The highest BCUT2D eigenvalue weighted by atomic mass is 32.2. The number of benzene rings is 2. The molecule has 0 aliphatic carbocycles. The van der Waals surface area contributed by atoms with Crippen LogP contribution in [0.4, 0.5) is 0 Å². The van der Waals surface area contributed by atoms with Crippen molar-refractivity contribution in [3.8, 4) is 6.07 Å². The van der Waals surface area contributed by atoms with Gasteiger partial charge in [-0.15, -0.1) is 11.8 Å². The minimum atomic E-state index is -0.0999. The Bertz CT molecular complexity index is 949. The molecule has 0 saturated heterocycles. The molecule has 0 fully saturated rings. The number of hydrogen-bond acceptors (Lipinski definition) is 4. The van der Waals surface area contributed by atoms with Crippen molar-refractivity contribution in [2.75, 3.05) is 0 Å². The van der Waals surface area contributed by atoms with Crippen LogP contribution in [-0.4, -0.2) is 10.9 Å². The number of nitrogens with zero attached hydrogens (tertiary/aromatic N) is 2. The second-order valence-corrected chi connectivity index (χ2v) is 7.09. The van der Waals surface area contributed by atoms with Crippen LogP contribution in [0.25, 0.3) is 0 Å². The minimum Gasteiger partial charge on any atom is -0.345 e. The van der Waals surface area contributed by atoms with Gasteiger partial charge in [-0.05, 0) is 54.4 Å². The first-order chi connectivity index (χ1) is 13.2. The Hall–Kier alpha value is -3.10. The average Bonchev–Trinajstić information content (AvgIpc) is 2.73. The molecule has 1 unspecified atom stereocenters. The third-order valence-electron chi connectivity index (χ3n) is 4.16. The van der Waals surface area contributed by atoms with Gasteiger partial charge >= 0.3 is 0 Å². The summed E-state index contributed by atoms with van der Waals surface area (Å²) in [4.78, 5) is 17.7. The van der Waals surface area contributed by atoms with Crippen molar-refractivity contribution in [3.05, 3.63) is 95.3 Å². The molecule has 1 aromatic heterocycles. The van der Waals surface area contributed by atoms with E-state index in [1.807, 2.05) is 67.6 Å². The maximum absolute atomic E-state index is 12.8. The first-order valence-corrected chi connectivity index (χ1v) is 9.57. The summed E-state index contributed by atoms with van der Waals surface area (Å²) in [7, 11) is 0. The molecule has 4 nitrogen and oxygen atoms in total. The quantitative estimate of drug-likeness (QED) is 0.634. The maximum atomic E-state index is 12.8. The van der Waals surface area contributed by atoms with Gasteiger partial charge in [-0.3, -0.25) is 9.78 Å². The van der Waals surface area contributed by atoms with Crippen molar-refractivity contribution in [2.24, 2.45) is 0 Å². The number of amides is 1. The summed E-state index contributed by atoms with van der Waals surface area (Å²) in [6, 6.07) is 20.9. The van der Waals surface area contributed by atoms with Gasteiger partial charge in [0.2, 0.25) is 0 Å². The molecular formula is C22H19N3OS. The van der Waals surface area contributed by atoms with Crippen molar-refractivity contribution in [1.29, 1.82) is 5.26 Å². The van der Waals surface area contributed by atoms with Crippen LogP contribution in [0.15, 0.2) is 78.0 Å². The summed E-state index contributed by atoms with van der Waals surface area (Å²) < 4.78 is 0. The molecule has 0 spiro atoms. The lowest BCUT2D eigenvalue weighted by atomic mass is 10.1. The van der Waals surface area contributed by atoms with E-state index in [0.29, 0.717) is 11.1 Å². The van der Waals surface area contributed by atoms with Crippen molar-refractivity contribution in [1.82, 2.24) is 10.3 Å². The van der Waals surface area contributed by atoms with Crippen LogP contribution < -0.4 is 5.32 Å². The molecule has 0 aliphatic rings. The first-order valence-electron chi connectivity index (χ1n) is 8.59. The first kappa shape index (κ1) is 18.7. The molecule has 1 amide bonds. The van der Waals surface area contributed by atoms with E-state index in [1.165, 1.54) is 0 Å². The van der Waals surface area contributed by atoms with E-state index in [9.17, 15) is 4.79 Å². The third kappa shape index (κ3) is 4.96. The van der Waals surface area contributed by atoms with Gasteiger partial charge in [0.05, 0.1) is 23.2 Å². The number of pyridine rings is 1. The van der Waals surface area contributed by atoms with Crippen LogP contribution in [0.3, 0.4) is 0 Å². The highest BCUT2D eigenvalue weighted by Gasteiger charge is 2.15. The molecule has 1 atom stereocenters. The van der Waals surface area contributed by atoms with Crippen LogP contribution in [-0.2, 0) is 5.75 Å². The molecule has 3 rings (SSSR count). The smallest absolute Gasteiger partial charge is 0.252 e. The minimum absolute atomic E-state index is 0.0951. The lowest BCUT2D eigenvalue weighted by Gasteiger charge is -2.16. The summed E-state index contributed by atoms with van der Waals surface area (Å²) in [5, 5.41) is 11.9. The van der Waals surface area contributed by atoms with Gasteiger partial charge in [0.25, 0.3) is 5.91 Å². The second kappa shape index (κ2) is 9.02. The molecule has 5 heteroatoms. The van der Waals surface area contributed by atoms with Gasteiger partial charge < -0.3 is 5.32 Å². The molecule has 27 heavy (non-hydrogen) atoms. The predicted octanol–water partition coefficient (Wildman–Crippen LogP) is 4.74. The Morgan fingerprint density at radius 3 is 2.52 bits per heavy atom. The SMILES string of the molecule is CC(NC(=O)c1ccccc1SCc1ccc(C#N)cc1)c1ccncc1. The lowest BCUT2D eigenvalue weighted by Crippen LogP contribution is -2.27. The Kier molecular flexibility index (Phi) is 6.24.